The minimum Gasteiger partial charge on any atom is -0.368 e. The monoisotopic (exact) mass is 458 g/mol. The molecule has 1 aliphatic rings. The van der Waals surface area contributed by atoms with Crippen molar-refractivity contribution in [2.24, 2.45) is 5.41 Å². The van der Waals surface area contributed by atoms with Gasteiger partial charge in [-0.3, -0.25) is 9.88 Å². The number of hydrogen-bond acceptors (Lipinski definition) is 4. The predicted molar refractivity (Wildman–Crippen MR) is 115 cm³/mol. The summed E-state index contributed by atoms with van der Waals surface area (Å²) >= 11 is 0.996. The van der Waals surface area contributed by atoms with Crippen molar-refractivity contribution >= 4 is 11.3 Å². The Kier molecular flexibility index (Phi) is 7.13. The molecule has 0 N–H and O–H groups in total. The molecule has 0 aromatic carbocycles. The second kappa shape index (κ2) is 9.16. The van der Waals surface area contributed by atoms with E-state index in [1.54, 1.807) is 19.2 Å². The number of alkyl halides is 3. The SMILES string of the molecule is CCOC(C(F)(F)F)C1(CCc2ccc(F)s2)CCN(C(C)(C)c2ccc(C)nc2)C1. The first-order chi connectivity index (χ1) is 14.5. The molecule has 0 saturated carbocycles. The molecule has 2 aromatic rings. The van der Waals surface area contributed by atoms with Gasteiger partial charge in [0, 0.05) is 40.9 Å². The number of ether oxygens (including phenoxy) is 1. The summed E-state index contributed by atoms with van der Waals surface area (Å²) in [5.41, 5.74) is 0.297. The van der Waals surface area contributed by atoms with Crippen molar-refractivity contribution in [3.8, 4) is 0 Å². The Labute approximate surface area is 185 Å². The van der Waals surface area contributed by atoms with Gasteiger partial charge in [0.2, 0.25) is 0 Å². The lowest BCUT2D eigenvalue weighted by atomic mass is 9.76. The maximum atomic E-state index is 14.1. The zero-order valence-electron chi connectivity index (χ0n) is 18.4. The average molecular weight is 459 g/mol. The molecule has 1 saturated heterocycles. The van der Waals surface area contributed by atoms with Gasteiger partial charge in [0.1, 0.15) is 0 Å². The normalized spacial score (nSPS) is 21.5. The van der Waals surface area contributed by atoms with Crippen LogP contribution in [0.1, 0.15) is 49.7 Å². The van der Waals surface area contributed by atoms with Gasteiger partial charge in [-0.1, -0.05) is 6.07 Å². The molecule has 0 aliphatic carbocycles. The van der Waals surface area contributed by atoms with E-state index in [1.807, 2.05) is 32.9 Å². The summed E-state index contributed by atoms with van der Waals surface area (Å²) in [4.78, 5) is 7.23. The van der Waals surface area contributed by atoms with Crippen LogP contribution in [0.4, 0.5) is 17.6 Å². The van der Waals surface area contributed by atoms with Crippen molar-refractivity contribution < 1.29 is 22.3 Å². The van der Waals surface area contributed by atoms with Crippen LogP contribution in [0.15, 0.2) is 30.5 Å². The number of hydrogen-bond donors (Lipinski definition) is 0. The lowest BCUT2D eigenvalue weighted by molar-refractivity contribution is -0.254. The van der Waals surface area contributed by atoms with Gasteiger partial charge in [-0.25, -0.2) is 0 Å². The molecule has 31 heavy (non-hydrogen) atoms. The van der Waals surface area contributed by atoms with E-state index in [0.717, 1.165) is 27.5 Å². The highest BCUT2D eigenvalue weighted by Gasteiger charge is 2.57. The van der Waals surface area contributed by atoms with E-state index in [9.17, 15) is 17.6 Å². The van der Waals surface area contributed by atoms with Crippen molar-refractivity contribution in [3.05, 3.63) is 51.7 Å². The number of aryl methyl sites for hydroxylation is 2. The Morgan fingerprint density at radius 2 is 1.97 bits per heavy atom. The van der Waals surface area contributed by atoms with Crippen LogP contribution in [0.2, 0.25) is 0 Å². The van der Waals surface area contributed by atoms with Gasteiger partial charge in [0.15, 0.2) is 11.2 Å². The smallest absolute Gasteiger partial charge is 0.368 e. The summed E-state index contributed by atoms with van der Waals surface area (Å²) in [6.45, 7) is 8.31. The van der Waals surface area contributed by atoms with Gasteiger partial charge < -0.3 is 4.74 Å². The predicted octanol–water partition coefficient (Wildman–Crippen LogP) is 6.12. The Balaban J connectivity index is 1.90. The zero-order valence-corrected chi connectivity index (χ0v) is 19.2. The maximum Gasteiger partial charge on any atom is 0.415 e. The number of rotatable bonds is 8. The number of thiophene rings is 1. The third-order valence-corrected chi connectivity index (χ3v) is 7.41. The standard InChI is InChI=1S/C23H30F4N2OS/c1-5-30-20(23(25,26)27)22(11-10-18-8-9-19(24)31-18)12-13-29(15-22)21(3,4)17-7-6-16(2)28-14-17/h6-9,14,20H,5,10-13,15H2,1-4H3. The molecule has 172 valence electrons. The van der Waals surface area contributed by atoms with Crippen LogP contribution in [-0.2, 0) is 16.7 Å². The molecule has 3 rings (SSSR count). The van der Waals surface area contributed by atoms with Gasteiger partial charge in [-0.15, -0.1) is 11.3 Å². The van der Waals surface area contributed by atoms with E-state index in [1.165, 1.54) is 6.07 Å². The summed E-state index contributed by atoms with van der Waals surface area (Å²) in [6, 6.07) is 6.93. The van der Waals surface area contributed by atoms with Gasteiger partial charge in [-0.2, -0.15) is 17.6 Å². The molecule has 3 heterocycles. The number of aromatic nitrogens is 1. The fourth-order valence-electron chi connectivity index (χ4n) is 4.58. The number of halogens is 4. The average Bonchev–Trinajstić information content (AvgIpc) is 3.31. The second-order valence-corrected chi connectivity index (χ2v) is 9.98. The number of pyridine rings is 1. The number of nitrogens with zero attached hydrogens (tertiary/aromatic N) is 2. The van der Waals surface area contributed by atoms with Crippen molar-refractivity contribution in [2.45, 2.75) is 64.8 Å². The molecule has 8 heteroatoms. The van der Waals surface area contributed by atoms with Gasteiger partial charge in [-0.05, 0) is 77.3 Å². The van der Waals surface area contributed by atoms with Crippen LogP contribution in [0, 0.1) is 17.5 Å². The number of likely N-dealkylation sites (tertiary alicyclic amines) is 1. The second-order valence-electron chi connectivity index (χ2n) is 8.86. The van der Waals surface area contributed by atoms with Crippen LogP contribution in [0.3, 0.4) is 0 Å². The van der Waals surface area contributed by atoms with E-state index in [2.05, 4.69) is 9.88 Å². The van der Waals surface area contributed by atoms with E-state index in [-0.39, 0.29) is 24.7 Å². The quantitative estimate of drug-likeness (QED) is 0.446. The fourth-order valence-corrected chi connectivity index (χ4v) is 5.30. The molecule has 0 spiro atoms. The van der Waals surface area contributed by atoms with E-state index < -0.39 is 23.2 Å². The van der Waals surface area contributed by atoms with Gasteiger partial charge in [0.25, 0.3) is 0 Å². The largest absolute Gasteiger partial charge is 0.415 e. The summed E-state index contributed by atoms with van der Waals surface area (Å²) in [5, 5.41) is -0.317. The molecule has 0 amide bonds. The van der Waals surface area contributed by atoms with Crippen molar-refractivity contribution in [1.29, 1.82) is 0 Å². The van der Waals surface area contributed by atoms with Crippen molar-refractivity contribution in [2.75, 3.05) is 19.7 Å². The van der Waals surface area contributed by atoms with E-state index >= 15 is 0 Å². The van der Waals surface area contributed by atoms with E-state index in [4.69, 9.17) is 4.74 Å². The molecule has 1 aliphatic heterocycles. The van der Waals surface area contributed by atoms with E-state index in [0.29, 0.717) is 19.4 Å². The molecular formula is C23H30F4N2OS. The topological polar surface area (TPSA) is 25.4 Å². The minimum atomic E-state index is -4.47. The van der Waals surface area contributed by atoms with Crippen LogP contribution in [-0.4, -0.2) is 41.9 Å². The van der Waals surface area contributed by atoms with Gasteiger partial charge >= 0.3 is 6.18 Å². The highest BCUT2D eigenvalue weighted by molar-refractivity contribution is 7.10. The zero-order chi connectivity index (χ0) is 22.9. The summed E-state index contributed by atoms with van der Waals surface area (Å²) in [6.07, 6.45) is -3.47. The van der Waals surface area contributed by atoms with Crippen LogP contribution < -0.4 is 0 Å². The summed E-state index contributed by atoms with van der Waals surface area (Å²) < 4.78 is 61.1. The highest BCUT2D eigenvalue weighted by Crippen LogP contribution is 2.49. The lowest BCUT2D eigenvalue weighted by Gasteiger charge is -2.41. The third kappa shape index (κ3) is 5.29. The molecular weight excluding hydrogens is 428 g/mol. The highest BCUT2D eigenvalue weighted by atomic mass is 32.1. The fraction of sp³-hybridized carbons (Fsp3) is 0.609. The van der Waals surface area contributed by atoms with Gasteiger partial charge in [0.05, 0.1) is 0 Å². The summed E-state index contributed by atoms with van der Waals surface area (Å²) in [5.74, 6) is 0. The molecule has 3 nitrogen and oxygen atoms in total. The van der Waals surface area contributed by atoms with Crippen LogP contribution in [0.25, 0.3) is 0 Å². The lowest BCUT2D eigenvalue weighted by Crippen LogP contribution is -2.50. The van der Waals surface area contributed by atoms with Crippen molar-refractivity contribution in [1.82, 2.24) is 9.88 Å². The molecule has 2 aromatic heterocycles. The van der Waals surface area contributed by atoms with Crippen LogP contribution in [0.5, 0.6) is 0 Å². The Morgan fingerprint density at radius 3 is 2.52 bits per heavy atom. The molecule has 0 bridgehead atoms. The molecule has 1 fully saturated rings. The molecule has 0 radical (unpaired) electrons. The first-order valence-corrected chi connectivity index (χ1v) is 11.4. The Morgan fingerprint density at radius 1 is 1.23 bits per heavy atom. The minimum absolute atomic E-state index is 0.00910. The maximum absolute atomic E-state index is 14.1. The van der Waals surface area contributed by atoms with Crippen LogP contribution >= 0.6 is 11.3 Å². The molecule has 2 atom stereocenters. The Hall–Kier alpha value is -1.51. The third-order valence-electron chi connectivity index (χ3n) is 6.48. The summed E-state index contributed by atoms with van der Waals surface area (Å²) in [7, 11) is 0. The first kappa shape index (κ1) is 24.1. The first-order valence-electron chi connectivity index (χ1n) is 10.6. The van der Waals surface area contributed by atoms with Crippen molar-refractivity contribution in [3.63, 3.8) is 0 Å². The Bertz CT molecular complexity index is 865. The molecule has 2 unspecified atom stereocenters.